The number of rotatable bonds is 7. The van der Waals surface area contributed by atoms with Gasteiger partial charge in [0.25, 0.3) is 0 Å². The monoisotopic (exact) mass is 376 g/mol. The van der Waals surface area contributed by atoms with Crippen molar-refractivity contribution in [3.8, 4) is 0 Å². The van der Waals surface area contributed by atoms with Crippen molar-refractivity contribution in [3.05, 3.63) is 10.9 Å². The quantitative estimate of drug-likeness (QED) is 0.555. The van der Waals surface area contributed by atoms with Crippen molar-refractivity contribution in [3.63, 3.8) is 0 Å². The molecule has 1 aliphatic heterocycles. The van der Waals surface area contributed by atoms with Crippen LogP contribution >= 0.6 is 11.3 Å². The maximum Gasteiger partial charge on any atom is 0.228 e. The Morgan fingerprint density at radius 3 is 2.69 bits per heavy atom. The maximum atomic E-state index is 11.0. The van der Waals surface area contributed by atoms with Crippen LogP contribution in [0.5, 0.6) is 0 Å². The van der Waals surface area contributed by atoms with Crippen molar-refractivity contribution in [1.29, 1.82) is 0 Å². The third-order valence-electron chi connectivity index (χ3n) is 4.32. The van der Waals surface area contributed by atoms with Crippen molar-refractivity contribution >= 4 is 45.6 Å². The van der Waals surface area contributed by atoms with Crippen LogP contribution in [0.1, 0.15) is 18.7 Å². The number of amides is 2. The first-order chi connectivity index (χ1) is 12.6. The second-order valence-corrected chi connectivity index (χ2v) is 7.31. The van der Waals surface area contributed by atoms with Crippen molar-refractivity contribution in [2.45, 2.75) is 20.3 Å². The summed E-state index contributed by atoms with van der Waals surface area (Å²) in [5, 5.41) is 7.12. The van der Waals surface area contributed by atoms with E-state index in [0.717, 1.165) is 42.0 Å². The summed E-state index contributed by atoms with van der Waals surface area (Å²) in [6.07, 6.45) is 1.85. The maximum absolute atomic E-state index is 11.0. The molecule has 26 heavy (non-hydrogen) atoms. The zero-order valence-corrected chi connectivity index (χ0v) is 15.9. The first-order valence-electron chi connectivity index (χ1n) is 8.83. The van der Waals surface area contributed by atoms with Gasteiger partial charge in [0.2, 0.25) is 18.3 Å². The van der Waals surface area contributed by atoms with Gasteiger partial charge in [0, 0.05) is 51.1 Å². The molecule has 0 saturated carbocycles. The Morgan fingerprint density at radius 2 is 2.04 bits per heavy atom. The molecule has 0 radical (unpaired) electrons. The molecule has 1 saturated heterocycles. The normalized spacial score (nSPS) is 14.5. The molecule has 9 heteroatoms. The highest BCUT2D eigenvalue weighted by Gasteiger charge is 2.20. The molecule has 0 aromatic carbocycles. The standard InChI is InChI=1S/C17H24N6O2S/c1-3-13-10-14-15(19-5-4-18-12(2)25)20-17(21-16(14)26-13)23-8-6-22(11-24)7-9-23/h10-11H,3-9H2,1-2H3,(H,18,25)(H,19,20,21). The van der Waals surface area contributed by atoms with Gasteiger partial charge in [-0.3, -0.25) is 9.59 Å². The number of hydrogen-bond donors (Lipinski definition) is 2. The van der Waals surface area contributed by atoms with Gasteiger partial charge < -0.3 is 20.4 Å². The second-order valence-electron chi connectivity index (χ2n) is 6.20. The summed E-state index contributed by atoms with van der Waals surface area (Å²) in [7, 11) is 0. The minimum Gasteiger partial charge on any atom is -0.368 e. The average molecular weight is 376 g/mol. The zero-order chi connectivity index (χ0) is 18.5. The van der Waals surface area contributed by atoms with Crippen LogP contribution in [-0.2, 0) is 16.0 Å². The number of piperazine rings is 1. The Morgan fingerprint density at radius 1 is 1.27 bits per heavy atom. The number of fused-ring (bicyclic) bond motifs is 1. The minimum atomic E-state index is -0.0443. The molecule has 2 N–H and O–H groups in total. The van der Waals surface area contributed by atoms with Gasteiger partial charge in [0.1, 0.15) is 10.6 Å². The van der Waals surface area contributed by atoms with Crippen molar-refractivity contribution in [1.82, 2.24) is 20.2 Å². The zero-order valence-electron chi connectivity index (χ0n) is 15.1. The van der Waals surface area contributed by atoms with E-state index in [0.29, 0.717) is 32.1 Å². The molecule has 1 fully saturated rings. The van der Waals surface area contributed by atoms with E-state index < -0.39 is 0 Å². The number of nitrogens with zero attached hydrogens (tertiary/aromatic N) is 4. The lowest BCUT2D eigenvalue weighted by molar-refractivity contribution is -0.119. The van der Waals surface area contributed by atoms with E-state index in [4.69, 9.17) is 9.97 Å². The predicted octanol–water partition coefficient (Wildman–Crippen LogP) is 1.08. The molecular weight excluding hydrogens is 352 g/mol. The van der Waals surface area contributed by atoms with Crippen molar-refractivity contribution in [2.75, 3.05) is 49.5 Å². The van der Waals surface area contributed by atoms with Gasteiger partial charge >= 0.3 is 0 Å². The predicted molar refractivity (Wildman–Crippen MR) is 104 cm³/mol. The highest BCUT2D eigenvalue weighted by atomic mass is 32.1. The van der Waals surface area contributed by atoms with Crippen LogP contribution in [0.25, 0.3) is 10.2 Å². The first-order valence-corrected chi connectivity index (χ1v) is 9.65. The number of aromatic nitrogens is 2. The first kappa shape index (κ1) is 18.4. The highest BCUT2D eigenvalue weighted by Crippen LogP contribution is 2.31. The fourth-order valence-electron chi connectivity index (χ4n) is 2.86. The molecule has 2 amide bonds. The van der Waals surface area contributed by atoms with E-state index in [-0.39, 0.29) is 5.91 Å². The molecule has 2 aromatic heterocycles. The second kappa shape index (κ2) is 8.31. The minimum absolute atomic E-state index is 0.0443. The molecule has 0 unspecified atom stereocenters. The van der Waals surface area contributed by atoms with Crippen LogP contribution in [0, 0.1) is 0 Å². The van der Waals surface area contributed by atoms with Gasteiger partial charge in [-0.1, -0.05) is 6.92 Å². The average Bonchev–Trinajstić information content (AvgIpc) is 3.08. The number of anilines is 2. The summed E-state index contributed by atoms with van der Waals surface area (Å²) in [5.41, 5.74) is 0. The van der Waals surface area contributed by atoms with E-state index in [1.165, 1.54) is 11.8 Å². The smallest absolute Gasteiger partial charge is 0.228 e. The van der Waals surface area contributed by atoms with Gasteiger partial charge in [-0.05, 0) is 12.5 Å². The van der Waals surface area contributed by atoms with Crippen LogP contribution in [0.2, 0.25) is 0 Å². The van der Waals surface area contributed by atoms with Gasteiger partial charge in [-0.25, -0.2) is 4.98 Å². The van der Waals surface area contributed by atoms with Gasteiger partial charge in [0.05, 0.1) is 5.39 Å². The molecule has 3 rings (SSSR count). The molecule has 2 aromatic rings. The molecule has 0 atom stereocenters. The number of hydrogen-bond acceptors (Lipinski definition) is 7. The molecule has 8 nitrogen and oxygen atoms in total. The van der Waals surface area contributed by atoms with Gasteiger partial charge in [-0.2, -0.15) is 4.98 Å². The molecular formula is C17H24N6O2S. The van der Waals surface area contributed by atoms with Crippen molar-refractivity contribution < 1.29 is 9.59 Å². The van der Waals surface area contributed by atoms with Gasteiger partial charge in [0.15, 0.2) is 0 Å². The fraction of sp³-hybridized carbons (Fsp3) is 0.529. The Kier molecular flexibility index (Phi) is 5.87. The van der Waals surface area contributed by atoms with Gasteiger partial charge in [-0.15, -0.1) is 11.3 Å². The number of carbonyl (C=O) groups is 2. The lowest BCUT2D eigenvalue weighted by atomic mass is 10.3. The number of carbonyl (C=O) groups excluding carboxylic acids is 2. The lowest BCUT2D eigenvalue weighted by Gasteiger charge is -2.32. The molecule has 0 spiro atoms. The number of thiophene rings is 1. The van der Waals surface area contributed by atoms with Crippen LogP contribution in [0.3, 0.4) is 0 Å². The van der Waals surface area contributed by atoms with Crippen LogP contribution in [-0.4, -0.2) is 66.5 Å². The molecule has 3 heterocycles. The summed E-state index contributed by atoms with van der Waals surface area (Å²) < 4.78 is 0. The third kappa shape index (κ3) is 4.21. The summed E-state index contributed by atoms with van der Waals surface area (Å²) in [6.45, 7) is 7.58. The Labute approximate surface area is 156 Å². The Bertz CT molecular complexity index is 785. The fourth-order valence-corrected chi connectivity index (χ4v) is 3.82. The van der Waals surface area contributed by atoms with Crippen LogP contribution < -0.4 is 15.5 Å². The largest absolute Gasteiger partial charge is 0.368 e. The van der Waals surface area contributed by atoms with E-state index in [1.807, 2.05) is 0 Å². The molecule has 0 aliphatic carbocycles. The summed E-state index contributed by atoms with van der Waals surface area (Å²) in [6, 6.07) is 2.13. The number of nitrogens with one attached hydrogen (secondary N) is 2. The van der Waals surface area contributed by atoms with E-state index in [1.54, 1.807) is 16.2 Å². The topological polar surface area (TPSA) is 90.5 Å². The summed E-state index contributed by atoms with van der Waals surface area (Å²) >= 11 is 1.68. The molecule has 140 valence electrons. The summed E-state index contributed by atoms with van der Waals surface area (Å²) in [4.78, 5) is 37.5. The van der Waals surface area contributed by atoms with Crippen LogP contribution in [0.15, 0.2) is 6.07 Å². The van der Waals surface area contributed by atoms with Crippen molar-refractivity contribution in [2.24, 2.45) is 0 Å². The lowest BCUT2D eigenvalue weighted by Crippen LogP contribution is -2.46. The number of aryl methyl sites for hydroxylation is 1. The Balaban J connectivity index is 1.82. The van der Waals surface area contributed by atoms with E-state index in [2.05, 4.69) is 28.5 Å². The van der Waals surface area contributed by atoms with E-state index >= 15 is 0 Å². The third-order valence-corrected chi connectivity index (χ3v) is 5.49. The van der Waals surface area contributed by atoms with Crippen LogP contribution in [0.4, 0.5) is 11.8 Å². The molecule has 1 aliphatic rings. The SMILES string of the molecule is CCc1cc2c(NCCNC(C)=O)nc(N3CCN(C=O)CC3)nc2s1. The highest BCUT2D eigenvalue weighted by molar-refractivity contribution is 7.18. The summed E-state index contributed by atoms with van der Waals surface area (Å²) in [5.74, 6) is 1.44. The Hall–Kier alpha value is -2.42. The molecule has 0 bridgehead atoms. The van der Waals surface area contributed by atoms with E-state index in [9.17, 15) is 9.59 Å².